The molecule has 0 fully saturated rings. The van der Waals surface area contributed by atoms with Crippen LogP contribution < -0.4 is 5.32 Å². The van der Waals surface area contributed by atoms with E-state index in [9.17, 15) is 17.6 Å². The number of nitrogens with zero attached hydrogens (tertiary/aromatic N) is 1. The smallest absolute Gasteiger partial charge is 0.256 e. The van der Waals surface area contributed by atoms with Crippen molar-refractivity contribution in [3.63, 3.8) is 0 Å². The lowest BCUT2D eigenvalue weighted by Crippen LogP contribution is -2.14. The van der Waals surface area contributed by atoms with Crippen LogP contribution in [0.5, 0.6) is 0 Å². The molecule has 0 spiro atoms. The molecule has 0 atom stereocenters. The van der Waals surface area contributed by atoms with Gasteiger partial charge in [-0.25, -0.2) is 12.8 Å². The van der Waals surface area contributed by atoms with Crippen molar-refractivity contribution in [3.05, 3.63) is 100 Å². The Labute approximate surface area is 206 Å². The summed E-state index contributed by atoms with van der Waals surface area (Å²) in [7, 11) is -3.57. The minimum Gasteiger partial charge on any atom is -0.322 e. The highest BCUT2D eigenvalue weighted by Gasteiger charge is 2.19. The Hall–Kier alpha value is -3.26. The van der Waals surface area contributed by atoms with Gasteiger partial charge in [0, 0.05) is 29.3 Å². The summed E-state index contributed by atoms with van der Waals surface area (Å²) in [5, 5.41) is 3.17. The van der Waals surface area contributed by atoms with E-state index < -0.39 is 21.6 Å². The fourth-order valence-corrected chi connectivity index (χ4v) is 4.35. The maximum absolute atomic E-state index is 14.2. The minimum atomic E-state index is -3.57. The Morgan fingerprint density at radius 1 is 0.912 bits per heavy atom. The van der Waals surface area contributed by atoms with Gasteiger partial charge in [0.2, 0.25) is 0 Å². The molecule has 1 amide bonds. The van der Waals surface area contributed by atoms with Gasteiger partial charge in [0.25, 0.3) is 5.91 Å². The Kier molecular flexibility index (Phi) is 6.70. The lowest BCUT2D eigenvalue weighted by atomic mass is 9.99. The normalized spacial score (nSPS) is 11.3. The van der Waals surface area contributed by atoms with Crippen molar-refractivity contribution in [1.29, 1.82) is 0 Å². The molecule has 4 aromatic rings. The van der Waals surface area contributed by atoms with Gasteiger partial charge in [-0.3, -0.25) is 9.78 Å². The van der Waals surface area contributed by atoms with Gasteiger partial charge in [-0.1, -0.05) is 35.3 Å². The molecular weight excluding hydrogens is 498 g/mol. The monoisotopic (exact) mass is 514 g/mol. The number of nitrogens with one attached hydrogen (secondary N) is 1. The summed E-state index contributed by atoms with van der Waals surface area (Å²) in [5.74, 6) is -1.20. The number of hydrogen-bond acceptors (Lipinski definition) is 4. The molecule has 0 unspecified atom stereocenters. The van der Waals surface area contributed by atoms with Crippen LogP contribution in [0.2, 0.25) is 10.0 Å². The first-order chi connectivity index (χ1) is 16.1. The highest BCUT2D eigenvalue weighted by Crippen LogP contribution is 2.32. The molecular formula is C25H17Cl2FN2O3S. The molecule has 5 nitrogen and oxygen atoms in total. The van der Waals surface area contributed by atoms with Crippen molar-refractivity contribution in [2.45, 2.75) is 4.90 Å². The average Bonchev–Trinajstić information content (AvgIpc) is 2.81. The highest BCUT2D eigenvalue weighted by molar-refractivity contribution is 7.90. The summed E-state index contributed by atoms with van der Waals surface area (Å²) in [4.78, 5) is 17.5. The first-order valence-electron chi connectivity index (χ1n) is 9.95. The van der Waals surface area contributed by atoms with Gasteiger partial charge in [-0.2, -0.15) is 0 Å². The molecule has 0 saturated carbocycles. The molecule has 1 N–H and O–H groups in total. The van der Waals surface area contributed by atoms with E-state index in [1.807, 2.05) is 6.07 Å². The molecule has 9 heteroatoms. The van der Waals surface area contributed by atoms with Gasteiger partial charge in [0.05, 0.1) is 20.6 Å². The fraction of sp³-hybridized carbons (Fsp3) is 0.0400. The lowest BCUT2D eigenvalue weighted by molar-refractivity contribution is 0.102. The van der Waals surface area contributed by atoms with Crippen molar-refractivity contribution < 1.29 is 17.6 Å². The van der Waals surface area contributed by atoms with Crippen LogP contribution in [0.1, 0.15) is 10.4 Å². The summed E-state index contributed by atoms with van der Waals surface area (Å²) >= 11 is 12.1. The molecule has 0 aliphatic heterocycles. The average molecular weight is 515 g/mol. The third-order valence-corrected chi connectivity index (χ3v) is 6.81. The molecule has 1 heterocycles. The number of sulfone groups is 1. The number of aromatic nitrogens is 1. The van der Waals surface area contributed by atoms with Gasteiger partial charge in [-0.15, -0.1) is 0 Å². The Balaban J connectivity index is 1.76. The van der Waals surface area contributed by atoms with E-state index in [0.717, 1.165) is 12.3 Å². The van der Waals surface area contributed by atoms with Crippen LogP contribution in [0.3, 0.4) is 0 Å². The minimum absolute atomic E-state index is 0.00154. The van der Waals surface area contributed by atoms with E-state index in [1.165, 1.54) is 30.3 Å². The highest BCUT2D eigenvalue weighted by atomic mass is 35.5. The third-order valence-electron chi connectivity index (χ3n) is 5.06. The van der Waals surface area contributed by atoms with E-state index in [1.54, 1.807) is 36.5 Å². The number of anilines is 1. The predicted molar refractivity (Wildman–Crippen MR) is 133 cm³/mol. The first-order valence-corrected chi connectivity index (χ1v) is 12.6. The van der Waals surface area contributed by atoms with Gasteiger partial charge >= 0.3 is 0 Å². The van der Waals surface area contributed by atoms with E-state index in [2.05, 4.69) is 10.3 Å². The molecule has 1 aromatic heterocycles. The first kappa shape index (κ1) is 23.9. The summed E-state index contributed by atoms with van der Waals surface area (Å²) in [6.45, 7) is 0. The van der Waals surface area contributed by atoms with Crippen LogP contribution in [-0.2, 0) is 9.84 Å². The number of carbonyl (C=O) groups excluding carboxylic acids is 1. The molecule has 0 aliphatic rings. The molecule has 34 heavy (non-hydrogen) atoms. The zero-order valence-electron chi connectivity index (χ0n) is 17.7. The van der Waals surface area contributed by atoms with Crippen LogP contribution in [0.4, 0.5) is 10.1 Å². The molecule has 172 valence electrons. The summed E-state index contributed by atoms with van der Waals surface area (Å²) in [5.41, 5.74) is 2.43. The molecule has 0 saturated heterocycles. The van der Waals surface area contributed by atoms with E-state index in [4.69, 9.17) is 23.2 Å². The molecule has 0 aliphatic carbocycles. The maximum atomic E-state index is 14.2. The molecule has 0 bridgehead atoms. The van der Waals surface area contributed by atoms with Gasteiger partial charge in [-0.05, 0) is 71.8 Å². The molecule has 4 rings (SSSR count). The van der Waals surface area contributed by atoms with E-state index in [0.29, 0.717) is 27.5 Å². The largest absolute Gasteiger partial charge is 0.322 e. The van der Waals surface area contributed by atoms with Gasteiger partial charge in [0.15, 0.2) is 9.84 Å². The Morgan fingerprint density at radius 2 is 1.68 bits per heavy atom. The van der Waals surface area contributed by atoms with Gasteiger partial charge < -0.3 is 5.32 Å². The van der Waals surface area contributed by atoms with Crippen molar-refractivity contribution in [2.24, 2.45) is 0 Å². The number of amides is 1. The molecule has 0 radical (unpaired) electrons. The maximum Gasteiger partial charge on any atom is 0.256 e. The van der Waals surface area contributed by atoms with Crippen LogP contribution in [0, 0.1) is 5.82 Å². The van der Waals surface area contributed by atoms with Crippen LogP contribution in [0.15, 0.2) is 83.9 Å². The molecule has 3 aromatic carbocycles. The second-order valence-electron chi connectivity index (χ2n) is 7.47. The van der Waals surface area contributed by atoms with Crippen LogP contribution in [-0.4, -0.2) is 25.6 Å². The van der Waals surface area contributed by atoms with Crippen LogP contribution in [0.25, 0.3) is 22.4 Å². The number of pyridine rings is 1. The zero-order chi connectivity index (χ0) is 24.5. The van der Waals surface area contributed by atoms with Crippen molar-refractivity contribution in [3.8, 4) is 22.4 Å². The van der Waals surface area contributed by atoms with Gasteiger partial charge in [0.1, 0.15) is 5.82 Å². The zero-order valence-corrected chi connectivity index (χ0v) is 20.0. The number of rotatable bonds is 5. The third kappa shape index (κ3) is 5.12. The number of halogens is 3. The topological polar surface area (TPSA) is 76.1 Å². The van der Waals surface area contributed by atoms with Crippen LogP contribution >= 0.6 is 23.2 Å². The Bertz CT molecular complexity index is 1510. The number of benzene rings is 3. The second kappa shape index (κ2) is 9.54. The van der Waals surface area contributed by atoms with Crippen molar-refractivity contribution in [2.75, 3.05) is 11.6 Å². The van der Waals surface area contributed by atoms with Crippen molar-refractivity contribution >= 4 is 44.6 Å². The van der Waals surface area contributed by atoms with E-state index in [-0.39, 0.29) is 21.0 Å². The summed E-state index contributed by atoms with van der Waals surface area (Å²) < 4.78 is 38.4. The van der Waals surface area contributed by atoms with E-state index >= 15 is 0 Å². The Morgan fingerprint density at radius 3 is 2.35 bits per heavy atom. The number of hydrogen-bond donors (Lipinski definition) is 1. The fourth-order valence-electron chi connectivity index (χ4n) is 3.37. The predicted octanol–water partition coefficient (Wildman–Crippen LogP) is 6.52. The number of carbonyl (C=O) groups is 1. The standard InChI is InChI=1S/C25H17Cl2FN2O3S/c1-34(32,33)17-7-8-18(19(14-17)15-5-9-22(27)23(28)12-15)25(31)30-16-6-10-21(26)20(13-16)24-4-2-3-11-29-24/h2-14H,1H3,(H,30,31). The second-order valence-corrected chi connectivity index (χ2v) is 10.3. The van der Waals surface area contributed by atoms with Crippen molar-refractivity contribution in [1.82, 2.24) is 4.98 Å². The lowest BCUT2D eigenvalue weighted by Gasteiger charge is -2.14. The quantitative estimate of drug-likeness (QED) is 0.329. The summed E-state index contributed by atoms with van der Waals surface area (Å²) in [6.07, 6.45) is 2.69. The SMILES string of the molecule is CS(=O)(=O)c1ccc(C(=O)Nc2ccc(Cl)c(-c3ccccn3)c2)c(-c2ccc(Cl)c(F)c2)c1. The summed E-state index contributed by atoms with van der Waals surface area (Å²) in [6, 6.07) is 18.5.